The molecule has 0 spiro atoms. The van der Waals surface area contributed by atoms with Gasteiger partial charge in [-0.2, -0.15) is 0 Å². The average Bonchev–Trinajstić information content (AvgIpc) is 3.12. The Morgan fingerprint density at radius 1 is 1.33 bits per heavy atom. The molecule has 1 unspecified atom stereocenters. The summed E-state index contributed by atoms with van der Waals surface area (Å²) in [5.41, 5.74) is -0.718. The van der Waals surface area contributed by atoms with Gasteiger partial charge in [-0.3, -0.25) is 0 Å². The van der Waals surface area contributed by atoms with Crippen molar-refractivity contribution in [3.8, 4) is 0 Å². The Hall–Kier alpha value is -0.850. The number of nitrogens with one attached hydrogen (secondary N) is 1. The van der Waals surface area contributed by atoms with Crippen molar-refractivity contribution in [2.24, 2.45) is 0 Å². The molecule has 114 valence electrons. The van der Waals surface area contributed by atoms with E-state index in [9.17, 15) is 5.11 Å². The molecule has 3 rings (SSSR count). The van der Waals surface area contributed by atoms with Crippen molar-refractivity contribution >= 4 is 22.9 Å². The molecule has 0 radical (unpaired) electrons. The van der Waals surface area contributed by atoms with Crippen LogP contribution in [0.5, 0.6) is 0 Å². The van der Waals surface area contributed by atoms with Crippen LogP contribution in [-0.4, -0.2) is 30.5 Å². The first-order chi connectivity index (χ1) is 10.2. The lowest BCUT2D eigenvalue weighted by atomic mass is 9.94. The van der Waals surface area contributed by atoms with Crippen LogP contribution in [0.15, 0.2) is 34.9 Å². The minimum atomic E-state index is -0.718. The molecule has 3 heterocycles. The Labute approximate surface area is 132 Å². The Morgan fingerprint density at radius 2 is 2.14 bits per heavy atom. The fourth-order valence-electron chi connectivity index (χ4n) is 2.50. The molecule has 0 aliphatic carbocycles. The average molecular weight is 328 g/mol. The highest BCUT2D eigenvalue weighted by Crippen LogP contribution is 2.32. The van der Waals surface area contributed by atoms with E-state index in [1.165, 1.54) is 11.3 Å². The maximum absolute atomic E-state index is 10.6. The molecule has 0 saturated carbocycles. The van der Waals surface area contributed by atoms with E-state index in [4.69, 9.17) is 20.8 Å². The Bertz CT molecular complexity index is 563. The lowest BCUT2D eigenvalue weighted by Crippen LogP contribution is -2.45. The monoisotopic (exact) mass is 327 g/mol. The van der Waals surface area contributed by atoms with E-state index < -0.39 is 5.60 Å². The van der Waals surface area contributed by atoms with Crippen LogP contribution in [0.4, 0.5) is 0 Å². The van der Waals surface area contributed by atoms with Gasteiger partial charge in [0.05, 0.1) is 16.2 Å². The molecule has 2 aromatic rings. The van der Waals surface area contributed by atoms with Crippen LogP contribution in [-0.2, 0) is 4.74 Å². The number of halogens is 1. The minimum absolute atomic E-state index is 0.0932. The number of rotatable bonds is 5. The first-order valence-electron chi connectivity index (χ1n) is 6.98. The normalized spacial score (nSPS) is 19.5. The van der Waals surface area contributed by atoms with Crippen molar-refractivity contribution in [2.75, 3.05) is 19.8 Å². The summed E-state index contributed by atoms with van der Waals surface area (Å²) in [6.07, 6.45) is 2.95. The van der Waals surface area contributed by atoms with Crippen molar-refractivity contribution < 1.29 is 14.3 Å². The van der Waals surface area contributed by atoms with Gasteiger partial charge in [0, 0.05) is 37.5 Å². The highest BCUT2D eigenvalue weighted by atomic mass is 35.5. The maximum atomic E-state index is 10.6. The molecule has 6 heteroatoms. The fourth-order valence-corrected chi connectivity index (χ4v) is 3.65. The summed E-state index contributed by atoms with van der Waals surface area (Å²) >= 11 is 7.55. The van der Waals surface area contributed by atoms with Crippen LogP contribution in [0.2, 0.25) is 4.34 Å². The summed E-state index contributed by atoms with van der Waals surface area (Å²) in [6.45, 7) is 1.71. The van der Waals surface area contributed by atoms with Crippen molar-refractivity contribution in [1.29, 1.82) is 0 Å². The van der Waals surface area contributed by atoms with E-state index in [-0.39, 0.29) is 6.04 Å². The van der Waals surface area contributed by atoms with E-state index >= 15 is 0 Å². The first kappa shape index (κ1) is 15.1. The second-order valence-electron chi connectivity index (χ2n) is 5.31. The molecule has 21 heavy (non-hydrogen) atoms. The highest BCUT2D eigenvalue weighted by Gasteiger charge is 2.31. The number of thiophene rings is 1. The Balaban J connectivity index is 1.74. The van der Waals surface area contributed by atoms with E-state index in [1.54, 1.807) is 6.26 Å². The van der Waals surface area contributed by atoms with Gasteiger partial charge >= 0.3 is 0 Å². The van der Waals surface area contributed by atoms with E-state index in [2.05, 4.69) is 5.32 Å². The van der Waals surface area contributed by atoms with Crippen LogP contribution >= 0.6 is 22.9 Å². The molecule has 2 aromatic heterocycles. The van der Waals surface area contributed by atoms with Gasteiger partial charge in [0.15, 0.2) is 0 Å². The summed E-state index contributed by atoms with van der Waals surface area (Å²) < 4.78 is 11.6. The topological polar surface area (TPSA) is 54.6 Å². The number of ether oxygens (including phenoxy) is 1. The van der Waals surface area contributed by atoms with Crippen LogP contribution in [0, 0.1) is 0 Å². The van der Waals surface area contributed by atoms with Gasteiger partial charge in [-0.25, -0.2) is 0 Å². The number of aliphatic hydroxyl groups is 1. The Morgan fingerprint density at radius 3 is 2.76 bits per heavy atom. The van der Waals surface area contributed by atoms with Crippen molar-refractivity contribution in [2.45, 2.75) is 24.5 Å². The van der Waals surface area contributed by atoms with Crippen LogP contribution < -0.4 is 5.32 Å². The zero-order valence-corrected chi connectivity index (χ0v) is 13.1. The van der Waals surface area contributed by atoms with Crippen LogP contribution in [0.1, 0.15) is 29.5 Å². The van der Waals surface area contributed by atoms with Crippen LogP contribution in [0.3, 0.4) is 0 Å². The maximum Gasteiger partial charge on any atom is 0.126 e. The smallest absolute Gasteiger partial charge is 0.126 e. The molecule has 1 saturated heterocycles. The zero-order valence-electron chi connectivity index (χ0n) is 11.5. The standard InChI is InChI=1S/C15H18ClNO3S/c16-13-4-3-12(21-13)14(11-2-1-7-20-11)17-10-15(18)5-8-19-9-6-15/h1-4,7,14,17-18H,5-6,8-10H2. The largest absolute Gasteiger partial charge is 0.467 e. The lowest BCUT2D eigenvalue weighted by molar-refractivity contribution is -0.0624. The molecule has 1 aliphatic heterocycles. The molecule has 0 amide bonds. The van der Waals surface area contributed by atoms with E-state index in [0.717, 1.165) is 15.0 Å². The van der Waals surface area contributed by atoms with E-state index in [0.29, 0.717) is 32.6 Å². The second kappa shape index (κ2) is 6.50. The molecular weight excluding hydrogens is 310 g/mol. The van der Waals surface area contributed by atoms with Gasteiger partial charge in [0.1, 0.15) is 11.8 Å². The van der Waals surface area contributed by atoms with Crippen molar-refractivity contribution in [3.05, 3.63) is 45.5 Å². The van der Waals surface area contributed by atoms with Gasteiger partial charge in [-0.05, 0) is 24.3 Å². The van der Waals surface area contributed by atoms with Gasteiger partial charge < -0.3 is 19.6 Å². The predicted molar refractivity (Wildman–Crippen MR) is 82.9 cm³/mol. The first-order valence-corrected chi connectivity index (χ1v) is 8.18. The van der Waals surface area contributed by atoms with Crippen molar-refractivity contribution in [1.82, 2.24) is 5.32 Å². The fraction of sp³-hybridized carbons (Fsp3) is 0.467. The molecule has 1 atom stereocenters. The van der Waals surface area contributed by atoms with Gasteiger partial charge in [0.25, 0.3) is 0 Å². The molecule has 1 fully saturated rings. The third-order valence-electron chi connectivity index (χ3n) is 3.76. The summed E-state index contributed by atoms with van der Waals surface area (Å²) in [4.78, 5) is 1.07. The molecule has 4 nitrogen and oxygen atoms in total. The third kappa shape index (κ3) is 3.67. The second-order valence-corrected chi connectivity index (χ2v) is 7.05. The number of furan rings is 1. The Kier molecular flexibility index (Phi) is 4.66. The molecular formula is C15H18ClNO3S. The minimum Gasteiger partial charge on any atom is -0.467 e. The summed E-state index contributed by atoms with van der Waals surface area (Å²) in [7, 11) is 0. The van der Waals surface area contributed by atoms with Crippen LogP contribution in [0.25, 0.3) is 0 Å². The third-order valence-corrected chi connectivity index (χ3v) is 5.06. The highest BCUT2D eigenvalue weighted by molar-refractivity contribution is 7.16. The van der Waals surface area contributed by atoms with Gasteiger partial charge in [0.2, 0.25) is 0 Å². The van der Waals surface area contributed by atoms with Gasteiger partial charge in [-0.15, -0.1) is 11.3 Å². The zero-order chi connectivity index (χ0) is 14.7. The van der Waals surface area contributed by atoms with Crippen molar-refractivity contribution in [3.63, 3.8) is 0 Å². The molecule has 1 aliphatic rings. The number of hydrogen-bond donors (Lipinski definition) is 2. The summed E-state index contributed by atoms with van der Waals surface area (Å²) in [6, 6.07) is 7.56. The molecule has 0 aromatic carbocycles. The van der Waals surface area contributed by atoms with E-state index in [1.807, 2.05) is 24.3 Å². The number of hydrogen-bond acceptors (Lipinski definition) is 5. The quantitative estimate of drug-likeness (QED) is 0.885. The summed E-state index contributed by atoms with van der Waals surface area (Å²) in [5.74, 6) is 0.823. The lowest BCUT2D eigenvalue weighted by Gasteiger charge is -2.33. The summed E-state index contributed by atoms with van der Waals surface area (Å²) in [5, 5.41) is 14.0. The molecule has 0 bridgehead atoms. The predicted octanol–water partition coefficient (Wildman–Crippen LogP) is 3.22. The SMILES string of the molecule is OC1(CNC(c2ccco2)c2ccc(Cl)s2)CCOCC1. The van der Waals surface area contributed by atoms with Gasteiger partial charge in [-0.1, -0.05) is 11.6 Å². The molecule has 2 N–H and O–H groups in total.